The van der Waals surface area contributed by atoms with E-state index in [9.17, 15) is 4.79 Å². The summed E-state index contributed by atoms with van der Waals surface area (Å²) in [4.78, 5) is 12.4. The predicted molar refractivity (Wildman–Crippen MR) is 75.8 cm³/mol. The zero-order valence-corrected chi connectivity index (χ0v) is 12.5. The van der Waals surface area contributed by atoms with Gasteiger partial charge in [-0.05, 0) is 19.3 Å². The maximum absolute atomic E-state index is 12.4. The zero-order chi connectivity index (χ0) is 13.4. The van der Waals surface area contributed by atoms with Crippen LogP contribution in [-0.2, 0) is 9.53 Å². The van der Waals surface area contributed by atoms with Gasteiger partial charge in [0.25, 0.3) is 0 Å². The maximum Gasteiger partial charge on any atom is 0.167 e. The summed E-state index contributed by atoms with van der Waals surface area (Å²) < 4.78 is 6.09. The number of Topliss-reactive ketones (excluding diaryl/α,β-unsaturated/α-hetero) is 1. The molecule has 106 valence electrons. The smallest absolute Gasteiger partial charge is 0.167 e. The Balaban J connectivity index is 2.47. The number of ether oxygens (including phenoxy) is 1. The van der Waals surface area contributed by atoms with Crippen molar-refractivity contribution in [2.75, 3.05) is 6.61 Å². The number of ketones is 1. The van der Waals surface area contributed by atoms with Crippen LogP contribution in [0.1, 0.15) is 78.6 Å². The second kappa shape index (κ2) is 7.93. The Labute approximate surface area is 112 Å². The highest BCUT2D eigenvalue weighted by Gasteiger charge is 2.41. The van der Waals surface area contributed by atoms with E-state index in [0.29, 0.717) is 5.78 Å². The Morgan fingerprint density at radius 3 is 2.33 bits per heavy atom. The quantitative estimate of drug-likeness (QED) is 0.596. The Bertz CT molecular complexity index is 239. The lowest BCUT2D eigenvalue weighted by Crippen LogP contribution is -2.46. The van der Waals surface area contributed by atoms with Crippen LogP contribution in [0.15, 0.2) is 0 Å². The first-order valence-electron chi connectivity index (χ1n) is 7.80. The molecule has 1 aliphatic carbocycles. The van der Waals surface area contributed by atoms with E-state index in [1.165, 1.54) is 25.7 Å². The van der Waals surface area contributed by atoms with E-state index in [4.69, 9.17) is 4.74 Å². The minimum Gasteiger partial charge on any atom is -0.367 e. The van der Waals surface area contributed by atoms with Gasteiger partial charge in [-0.25, -0.2) is 0 Å². The third-order valence-corrected chi connectivity index (χ3v) is 4.01. The fourth-order valence-corrected chi connectivity index (χ4v) is 2.91. The number of hydrogen-bond acceptors (Lipinski definition) is 2. The van der Waals surface area contributed by atoms with Gasteiger partial charge in [0.2, 0.25) is 0 Å². The molecule has 0 aliphatic heterocycles. The lowest BCUT2D eigenvalue weighted by molar-refractivity contribution is -0.153. The van der Waals surface area contributed by atoms with Crippen molar-refractivity contribution in [3.8, 4) is 0 Å². The highest BCUT2D eigenvalue weighted by molar-refractivity contribution is 5.89. The molecule has 0 spiro atoms. The normalized spacial score (nSPS) is 19.1. The summed E-state index contributed by atoms with van der Waals surface area (Å²) in [6, 6.07) is 0. The molecule has 1 aliphatic rings. The van der Waals surface area contributed by atoms with Gasteiger partial charge in [0, 0.05) is 12.5 Å². The van der Waals surface area contributed by atoms with Crippen LogP contribution in [0.4, 0.5) is 0 Å². The lowest BCUT2D eigenvalue weighted by Gasteiger charge is -2.37. The molecule has 0 atom stereocenters. The van der Waals surface area contributed by atoms with Crippen molar-refractivity contribution in [2.24, 2.45) is 5.92 Å². The van der Waals surface area contributed by atoms with E-state index in [2.05, 4.69) is 6.92 Å². The molecule has 0 N–H and O–H groups in total. The Morgan fingerprint density at radius 2 is 1.78 bits per heavy atom. The predicted octanol–water partition coefficient (Wildman–Crippen LogP) is 4.51. The van der Waals surface area contributed by atoms with E-state index in [1.54, 1.807) is 0 Å². The molecule has 18 heavy (non-hydrogen) atoms. The fourth-order valence-electron chi connectivity index (χ4n) is 2.91. The number of hydrogen-bond donors (Lipinski definition) is 0. The second-order valence-electron chi connectivity index (χ2n) is 5.98. The standard InChI is InChI=1S/C16H30O2/c1-4-5-6-10-13-18-16(15(17)14(2)3)11-8-7-9-12-16/h14H,4-13H2,1-3H3. The molecule has 0 bridgehead atoms. The van der Waals surface area contributed by atoms with Gasteiger partial charge in [-0.2, -0.15) is 0 Å². The molecule has 0 amide bonds. The van der Waals surface area contributed by atoms with Gasteiger partial charge in [-0.1, -0.05) is 59.3 Å². The van der Waals surface area contributed by atoms with E-state index in [-0.39, 0.29) is 5.92 Å². The highest BCUT2D eigenvalue weighted by Crippen LogP contribution is 2.34. The topological polar surface area (TPSA) is 26.3 Å². The van der Waals surface area contributed by atoms with Crippen molar-refractivity contribution in [2.45, 2.75) is 84.2 Å². The average molecular weight is 254 g/mol. The number of rotatable bonds is 8. The van der Waals surface area contributed by atoms with Crippen LogP contribution in [0.2, 0.25) is 0 Å². The Kier molecular flexibility index (Phi) is 6.91. The minimum absolute atomic E-state index is 0.0961. The summed E-state index contributed by atoms with van der Waals surface area (Å²) in [5.41, 5.74) is -0.432. The molecule has 1 rings (SSSR count). The van der Waals surface area contributed by atoms with Crippen molar-refractivity contribution in [1.82, 2.24) is 0 Å². The monoisotopic (exact) mass is 254 g/mol. The molecule has 1 fully saturated rings. The molecule has 2 heteroatoms. The maximum atomic E-state index is 12.4. The largest absolute Gasteiger partial charge is 0.367 e. The lowest BCUT2D eigenvalue weighted by atomic mass is 9.78. The average Bonchev–Trinajstić information content (AvgIpc) is 2.38. The summed E-state index contributed by atoms with van der Waals surface area (Å²) in [7, 11) is 0. The molecule has 0 aromatic carbocycles. The van der Waals surface area contributed by atoms with Crippen molar-refractivity contribution in [1.29, 1.82) is 0 Å². The third-order valence-electron chi connectivity index (χ3n) is 4.01. The second-order valence-corrected chi connectivity index (χ2v) is 5.98. The molecule has 0 radical (unpaired) electrons. The number of carbonyl (C=O) groups is 1. The van der Waals surface area contributed by atoms with Crippen LogP contribution >= 0.6 is 0 Å². The molecule has 0 heterocycles. The van der Waals surface area contributed by atoms with Crippen LogP contribution in [0.25, 0.3) is 0 Å². The zero-order valence-electron chi connectivity index (χ0n) is 12.5. The van der Waals surface area contributed by atoms with E-state index in [0.717, 1.165) is 38.7 Å². The van der Waals surface area contributed by atoms with Gasteiger partial charge in [0.15, 0.2) is 5.78 Å². The van der Waals surface area contributed by atoms with Gasteiger partial charge >= 0.3 is 0 Å². The molecule has 0 saturated heterocycles. The molecule has 0 aromatic heterocycles. The van der Waals surface area contributed by atoms with Crippen LogP contribution in [0.5, 0.6) is 0 Å². The molecule has 2 nitrogen and oxygen atoms in total. The van der Waals surface area contributed by atoms with Gasteiger partial charge in [-0.15, -0.1) is 0 Å². The molecular weight excluding hydrogens is 224 g/mol. The first-order chi connectivity index (χ1) is 8.62. The minimum atomic E-state index is -0.432. The van der Waals surface area contributed by atoms with Crippen LogP contribution in [0, 0.1) is 5.92 Å². The molecule has 0 unspecified atom stereocenters. The number of carbonyl (C=O) groups excluding carboxylic acids is 1. The fraction of sp³-hybridized carbons (Fsp3) is 0.938. The van der Waals surface area contributed by atoms with Gasteiger partial charge in [0.05, 0.1) is 0 Å². The van der Waals surface area contributed by atoms with Crippen molar-refractivity contribution >= 4 is 5.78 Å². The van der Waals surface area contributed by atoms with Crippen molar-refractivity contribution in [3.63, 3.8) is 0 Å². The Hall–Kier alpha value is -0.370. The number of unbranched alkanes of at least 4 members (excludes halogenated alkanes) is 3. The summed E-state index contributed by atoms with van der Waals surface area (Å²) in [5, 5.41) is 0. The van der Waals surface area contributed by atoms with Gasteiger partial charge < -0.3 is 4.74 Å². The molecule has 1 saturated carbocycles. The molecule has 0 aromatic rings. The highest BCUT2D eigenvalue weighted by atomic mass is 16.5. The summed E-state index contributed by atoms with van der Waals surface area (Å²) in [5.74, 6) is 0.427. The Morgan fingerprint density at radius 1 is 1.11 bits per heavy atom. The van der Waals surface area contributed by atoms with E-state index in [1.807, 2.05) is 13.8 Å². The summed E-state index contributed by atoms with van der Waals surface area (Å²) in [6.07, 6.45) is 10.3. The third kappa shape index (κ3) is 4.38. The summed E-state index contributed by atoms with van der Waals surface area (Å²) in [6.45, 7) is 6.97. The van der Waals surface area contributed by atoms with Crippen LogP contribution < -0.4 is 0 Å². The van der Waals surface area contributed by atoms with Crippen LogP contribution in [0.3, 0.4) is 0 Å². The van der Waals surface area contributed by atoms with Crippen molar-refractivity contribution < 1.29 is 9.53 Å². The molecular formula is C16H30O2. The summed E-state index contributed by atoms with van der Waals surface area (Å²) >= 11 is 0. The first-order valence-corrected chi connectivity index (χ1v) is 7.80. The van der Waals surface area contributed by atoms with Gasteiger partial charge in [-0.3, -0.25) is 4.79 Å². The van der Waals surface area contributed by atoms with Crippen molar-refractivity contribution in [3.05, 3.63) is 0 Å². The van der Waals surface area contributed by atoms with Gasteiger partial charge in [0.1, 0.15) is 5.60 Å². The van der Waals surface area contributed by atoms with E-state index < -0.39 is 5.60 Å². The van der Waals surface area contributed by atoms with E-state index >= 15 is 0 Å². The SMILES string of the molecule is CCCCCCOC1(C(=O)C(C)C)CCCCC1. The first kappa shape index (κ1) is 15.7. The van der Waals surface area contributed by atoms with Crippen LogP contribution in [-0.4, -0.2) is 18.0 Å².